The summed E-state index contributed by atoms with van der Waals surface area (Å²) in [6, 6.07) is 22.5. The van der Waals surface area contributed by atoms with Gasteiger partial charge in [0.2, 0.25) is 11.9 Å². The summed E-state index contributed by atoms with van der Waals surface area (Å²) in [5.41, 5.74) is 2.40. The summed E-state index contributed by atoms with van der Waals surface area (Å²) in [7, 11) is 0. The third kappa shape index (κ3) is 4.03. The molecule has 4 rings (SSSR count). The molecule has 142 valence electrons. The molecule has 1 aliphatic rings. The molecule has 2 aromatic carbocycles. The van der Waals surface area contributed by atoms with E-state index < -0.39 is 0 Å². The molecule has 1 aromatic heterocycles. The number of benzene rings is 2. The Labute approximate surface area is 165 Å². The van der Waals surface area contributed by atoms with Gasteiger partial charge in [-0.15, -0.1) is 0 Å². The molecule has 1 saturated heterocycles. The molecule has 0 unspecified atom stereocenters. The van der Waals surface area contributed by atoms with Crippen LogP contribution in [-0.4, -0.2) is 21.9 Å². The maximum absolute atomic E-state index is 12.6. The highest BCUT2D eigenvalue weighted by Crippen LogP contribution is 2.28. The summed E-state index contributed by atoms with van der Waals surface area (Å²) in [6.07, 6.45) is 3.96. The first-order chi connectivity index (χ1) is 13.7. The first kappa shape index (κ1) is 18.2. The minimum Gasteiger partial charge on any atom is -0.348 e. The van der Waals surface area contributed by atoms with E-state index in [2.05, 4.69) is 46.5 Å². The molecule has 2 heterocycles. The fourth-order valence-corrected chi connectivity index (χ4v) is 3.71. The number of carbonyl (C=O) groups is 1. The van der Waals surface area contributed by atoms with Gasteiger partial charge in [0.25, 0.3) is 0 Å². The number of hydrogen-bond donors (Lipinski definition) is 1. The molecular weight excluding hydrogens is 348 g/mol. The fraction of sp³-hybridized carbons (Fsp3) is 0.261. The standard InChI is InChI=1S/C23H24N4O/c1-17(19-10-6-3-7-11-19)25-23-24-15-14-21(26-23)27-20(12-13-22(27)28)16-18-8-4-2-5-9-18/h2-11,14-15,17,20H,12-13,16H2,1H3,(H,24,25,26)/t17-,20-/m1/s1. The summed E-state index contributed by atoms with van der Waals surface area (Å²) >= 11 is 0. The van der Waals surface area contributed by atoms with Gasteiger partial charge in [-0.1, -0.05) is 60.7 Å². The van der Waals surface area contributed by atoms with Crippen LogP contribution in [0.25, 0.3) is 0 Å². The molecule has 0 bridgehead atoms. The Bertz CT molecular complexity index is 930. The lowest BCUT2D eigenvalue weighted by Crippen LogP contribution is -2.35. The second kappa shape index (κ2) is 8.21. The predicted octanol–water partition coefficient (Wildman–Crippen LogP) is 4.39. The van der Waals surface area contributed by atoms with Crippen molar-refractivity contribution in [2.24, 2.45) is 0 Å². The Morgan fingerprint density at radius 3 is 2.54 bits per heavy atom. The second-order valence-corrected chi connectivity index (χ2v) is 7.16. The number of aromatic nitrogens is 2. The van der Waals surface area contributed by atoms with Gasteiger partial charge in [0, 0.05) is 18.7 Å². The Hall–Kier alpha value is -3.21. The maximum atomic E-state index is 12.6. The average Bonchev–Trinajstić information content (AvgIpc) is 3.09. The van der Waals surface area contributed by atoms with E-state index in [0.29, 0.717) is 18.2 Å². The summed E-state index contributed by atoms with van der Waals surface area (Å²) in [4.78, 5) is 23.4. The van der Waals surface area contributed by atoms with E-state index in [1.807, 2.05) is 47.4 Å². The molecule has 0 radical (unpaired) electrons. The number of amides is 1. The van der Waals surface area contributed by atoms with Crippen LogP contribution in [0.15, 0.2) is 72.9 Å². The van der Waals surface area contributed by atoms with E-state index in [9.17, 15) is 4.79 Å². The number of rotatable bonds is 6. The first-order valence-electron chi connectivity index (χ1n) is 9.71. The zero-order valence-corrected chi connectivity index (χ0v) is 16.0. The molecule has 0 spiro atoms. The molecule has 28 heavy (non-hydrogen) atoms. The Morgan fingerprint density at radius 1 is 1.07 bits per heavy atom. The van der Waals surface area contributed by atoms with Crippen molar-refractivity contribution in [3.05, 3.63) is 84.1 Å². The first-order valence-corrected chi connectivity index (χ1v) is 9.71. The van der Waals surface area contributed by atoms with E-state index in [1.165, 1.54) is 5.56 Å². The molecule has 1 N–H and O–H groups in total. The molecule has 1 aliphatic heterocycles. The summed E-state index contributed by atoms with van der Waals surface area (Å²) < 4.78 is 0. The SMILES string of the molecule is C[C@@H](Nc1nccc(N2C(=O)CC[C@@H]2Cc2ccccc2)n1)c1ccccc1. The van der Waals surface area contributed by atoms with Gasteiger partial charge < -0.3 is 5.32 Å². The van der Waals surface area contributed by atoms with Crippen molar-refractivity contribution in [3.8, 4) is 0 Å². The van der Waals surface area contributed by atoms with Crippen LogP contribution in [0.5, 0.6) is 0 Å². The normalized spacial score (nSPS) is 17.5. The van der Waals surface area contributed by atoms with Crippen LogP contribution in [0, 0.1) is 0 Å². The van der Waals surface area contributed by atoms with E-state index in [1.54, 1.807) is 6.20 Å². The lowest BCUT2D eigenvalue weighted by atomic mass is 10.0. The maximum Gasteiger partial charge on any atom is 0.228 e. The van der Waals surface area contributed by atoms with Crippen molar-refractivity contribution in [2.45, 2.75) is 38.3 Å². The average molecular weight is 372 g/mol. The number of carbonyl (C=O) groups excluding carboxylic acids is 1. The van der Waals surface area contributed by atoms with Gasteiger partial charge in [-0.2, -0.15) is 4.98 Å². The second-order valence-electron chi connectivity index (χ2n) is 7.16. The molecule has 3 aromatic rings. The van der Waals surface area contributed by atoms with Gasteiger partial charge in [-0.25, -0.2) is 4.98 Å². The molecule has 2 atom stereocenters. The van der Waals surface area contributed by atoms with Crippen LogP contribution in [-0.2, 0) is 11.2 Å². The van der Waals surface area contributed by atoms with Crippen LogP contribution in [0.4, 0.5) is 11.8 Å². The fourth-order valence-electron chi connectivity index (χ4n) is 3.71. The lowest BCUT2D eigenvalue weighted by Gasteiger charge is -2.24. The Kier molecular flexibility index (Phi) is 5.33. The van der Waals surface area contributed by atoms with Gasteiger partial charge in [0.1, 0.15) is 5.82 Å². The monoisotopic (exact) mass is 372 g/mol. The van der Waals surface area contributed by atoms with Crippen molar-refractivity contribution in [2.75, 3.05) is 10.2 Å². The van der Waals surface area contributed by atoms with Crippen LogP contribution in [0.3, 0.4) is 0 Å². The quantitative estimate of drug-likeness (QED) is 0.697. The predicted molar refractivity (Wildman–Crippen MR) is 111 cm³/mol. The molecule has 5 nitrogen and oxygen atoms in total. The van der Waals surface area contributed by atoms with Crippen LogP contribution in [0.2, 0.25) is 0 Å². The van der Waals surface area contributed by atoms with Gasteiger partial charge in [0.15, 0.2) is 0 Å². The van der Waals surface area contributed by atoms with E-state index in [-0.39, 0.29) is 18.0 Å². The molecule has 5 heteroatoms. The zero-order chi connectivity index (χ0) is 19.3. The van der Waals surface area contributed by atoms with Gasteiger partial charge >= 0.3 is 0 Å². The topological polar surface area (TPSA) is 58.1 Å². The highest BCUT2D eigenvalue weighted by molar-refractivity contribution is 5.95. The molecular formula is C23H24N4O. The third-order valence-corrected chi connectivity index (χ3v) is 5.17. The molecule has 1 fully saturated rings. The van der Waals surface area contributed by atoms with Crippen LogP contribution >= 0.6 is 0 Å². The Balaban J connectivity index is 1.53. The zero-order valence-electron chi connectivity index (χ0n) is 16.0. The number of nitrogens with zero attached hydrogens (tertiary/aromatic N) is 3. The molecule has 0 aliphatic carbocycles. The van der Waals surface area contributed by atoms with Crippen molar-refractivity contribution in [1.82, 2.24) is 9.97 Å². The van der Waals surface area contributed by atoms with Gasteiger partial charge in [0.05, 0.1) is 6.04 Å². The van der Waals surface area contributed by atoms with Crippen molar-refractivity contribution in [3.63, 3.8) is 0 Å². The van der Waals surface area contributed by atoms with Crippen molar-refractivity contribution >= 4 is 17.7 Å². The van der Waals surface area contributed by atoms with Crippen molar-refractivity contribution < 1.29 is 4.79 Å². The van der Waals surface area contributed by atoms with Crippen LogP contribution < -0.4 is 10.2 Å². The summed E-state index contributed by atoms with van der Waals surface area (Å²) in [5.74, 6) is 1.33. The molecule has 0 saturated carbocycles. The lowest BCUT2D eigenvalue weighted by molar-refractivity contribution is -0.117. The summed E-state index contributed by atoms with van der Waals surface area (Å²) in [5, 5.41) is 3.34. The van der Waals surface area contributed by atoms with Gasteiger partial charge in [-0.3, -0.25) is 9.69 Å². The van der Waals surface area contributed by atoms with Gasteiger partial charge in [-0.05, 0) is 37.0 Å². The number of nitrogens with one attached hydrogen (secondary N) is 1. The van der Waals surface area contributed by atoms with E-state index >= 15 is 0 Å². The number of anilines is 2. The minimum atomic E-state index is 0.0749. The van der Waals surface area contributed by atoms with Crippen LogP contribution in [0.1, 0.15) is 36.9 Å². The van der Waals surface area contributed by atoms with E-state index in [4.69, 9.17) is 0 Å². The highest BCUT2D eigenvalue weighted by Gasteiger charge is 2.33. The Morgan fingerprint density at radius 2 is 1.79 bits per heavy atom. The van der Waals surface area contributed by atoms with E-state index in [0.717, 1.165) is 18.4 Å². The smallest absolute Gasteiger partial charge is 0.228 e. The molecule has 1 amide bonds. The third-order valence-electron chi connectivity index (χ3n) is 5.17. The number of hydrogen-bond acceptors (Lipinski definition) is 4. The highest BCUT2D eigenvalue weighted by atomic mass is 16.2. The minimum absolute atomic E-state index is 0.0749. The van der Waals surface area contributed by atoms with Crippen molar-refractivity contribution in [1.29, 1.82) is 0 Å². The largest absolute Gasteiger partial charge is 0.348 e. The summed E-state index contributed by atoms with van der Waals surface area (Å²) in [6.45, 7) is 2.07.